The zero-order chi connectivity index (χ0) is 19.4. The summed E-state index contributed by atoms with van der Waals surface area (Å²) in [7, 11) is 1.76. The van der Waals surface area contributed by atoms with Crippen LogP contribution in [0.5, 0.6) is 0 Å². The Bertz CT molecular complexity index is 1060. The van der Waals surface area contributed by atoms with E-state index in [2.05, 4.69) is 4.99 Å². The molecule has 0 radical (unpaired) electrons. The third-order valence-electron chi connectivity index (χ3n) is 3.84. The van der Waals surface area contributed by atoms with Crippen molar-refractivity contribution < 1.29 is 9.72 Å². The number of carbonyl (C=O) groups is 1. The molecule has 3 aromatic rings. The largest absolute Gasteiger partial charge is 0.319 e. The summed E-state index contributed by atoms with van der Waals surface area (Å²) in [5.41, 5.74) is 0.715. The molecule has 0 bridgehead atoms. The van der Waals surface area contributed by atoms with Crippen molar-refractivity contribution in [2.75, 3.05) is 5.75 Å². The molecular formula is C18H16ClN3O3S2. The monoisotopic (exact) mass is 421 g/mol. The Labute approximate surface area is 168 Å². The number of rotatable bonds is 6. The number of aryl methyl sites for hydroxylation is 1. The Morgan fingerprint density at radius 1 is 1.30 bits per heavy atom. The van der Waals surface area contributed by atoms with Crippen molar-refractivity contribution in [1.29, 1.82) is 0 Å². The zero-order valence-corrected chi connectivity index (χ0v) is 16.8. The van der Waals surface area contributed by atoms with Crippen LogP contribution in [0.2, 0.25) is 5.02 Å². The van der Waals surface area contributed by atoms with E-state index in [0.717, 1.165) is 21.8 Å². The highest BCUT2D eigenvalue weighted by atomic mass is 35.5. The number of nitro benzene ring substituents is 1. The molecule has 3 rings (SSSR count). The van der Waals surface area contributed by atoms with Crippen molar-refractivity contribution in [2.45, 2.75) is 17.7 Å². The fourth-order valence-corrected chi connectivity index (χ4v) is 4.44. The van der Waals surface area contributed by atoms with Gasteiger partial charge in [-0.25, -0.2) is 0 Å². The summed E-state index contributed by atoms with van der Waals surface area (Å²) in [6.07, 6.45) is 1.07. The summed E-state index contributed by atoms with van der Waals surface area (Å²) in [6.45, 7) is 0. The number of fused-ring (bicyclic) bond motifs is 1. The Hall–Kier alpha value is -2.16. The predicted molar refractivity (Wildman–Crippen MR) is 109 cm³/mol. The molecule has 0 spiro atoms. The first-order chi connectivity index (χ1) is 12.9. The van der Waals surface area contributed by atoms with Crippen molar-refractivity contribution in [3.05, 3.63) is 62.4 Å². The van der Waals surface area contributed by atoms with E-state index in [9.17, 15) is 14.9 Å². The lowest BCUT2D eigenvalue weighted by Crippen LogP contribution is -2.13. The highest BCUT2D eigenvalue weighted by Crippen LogP contribution is 2.23. The maximum atomic E-state index is 12.2. The Morgan fingerprint density at radius 3 is 2.74 bits per heavy atom. The van der Waals surface area contributed by atoms with Gasteiger partial charge in [0.05, 0.1) is 15.1 Å². The number of hydrogen-bond acceptors (Lipinski definition) is 5. The van der Waals surface area contributed by atoms with Gasteiger partial charge >= 0.3 is 0 Å². The Kier molecular flexibility index (Phi) is 6.30. The number of hydrogen-bond donors (Lipinski definition) is 0. The maximum absolute atomic E-state index is 12.2. The Morgan fingerprint density at radius 2 is 2.04 bits per heavy atom. The quantitative estimate of drug-likeness (QED) is 0.248. The van der Waals surface area contributed by atoms with E-state index in [4.69, 9.17) is 11.6 Å². The SMILES string of the molecule is Cn1c(=NC(=O)CCCSc2ccc(Cl)cc2)sc2ccc([N+](=O)[O-])cc21. The number of benzene rings is 2. The molecule has 0 atom stereocenters. The molecule has 0 aliphatic heterocycles. The number of nitro groups is 1. The van der Waals surface area contributed by atoms with Crippen molar-refractivity contribution >= 4 is 56.5 Å². The van der Waals surface area contributed by atoms with Crippen molar-refractivity contribution in [3.63, 3.8) is 0 Å². The van der Waals surface area contributed by atoms with Gasteiger partial charge < -0.3 is 4.57 Å². The minimum Gasteiger partial charge on any atom is -0.319 e. The van der Waals surface area contributed by atoms with E-state index in [1.807, 2.05) is 24.3 Å². The van der Waals surface area contributed by atoms with Gasteiger partial charge in [0.15, 0.2) is 4.80 Å². The standard InChI is InChI=1S/C18H16ClN3O3S2/c1-21-15-11-13(22(24)25)6-9-16(15)27-18(21)20-17(23)3-2-10-26-14-7-4-12(19)5-8-14/h4-9,11H,2-3,10H2,1H3. The number of thiazole rings is 1. The fourth-order valence-electron chi connectivity index (χ4n) is 2.44. The molecule has 1 aromatic heterocycles. The minimum absolute atomic E-state index is 0.0213. The number of nitrogens with zero attached hydrogens (tertiary/aromatic N) is 3. The average molecular weight is 422 g/mol. The van der Waals surface area contributed by atoms with Gasteiger partial charge in [-0.3, -0.25) is 14.9 Å². The molecule has 140 valence electrons. The van der Waals surface area contributed by atoms with Crippen LogP contribution in [0.15, 0.2) is 52.4 Å². The van der Waals surface area contributed by atoms with Crippen molar-refractivity contribution in [2.24, 2.45) is 12.0 Å². The van der Waals surface area contributed by atoms with Gasteiger partial charge in [-0.15, -0.1) is 11.8 Å². The third kappa shape index (κ3) is 4.97. The van der Waals surface area contributed by atoms with Crippen LogP contribution in [-0.4, -0.2) is 21.2 Å². The number of halogens is 1. The lowest BCUT2D eigenvalue weighted by Gasteiger charge is -2.00. The minimum atomic E-state index is -0.433. The highest BCUT2D eigenvalue weighted by Gasteiger charge is 2.11. The van der Waals surface area contributed by atoms with Crippen LogP contribution in [0.1, 0.15) is 12.8 Å². The molecule has 0 unspecified atom stereocenters. The fraction of sp³-hybridized carbons (Fsp3) is 0.222. The number of thioether (sulfide) groups is 1. The van der Waals surface area contributed by atoms with Crippen LogP contribution in [0.4, 0.5) is 5.69 Å². The zero-order valence-electron chi connectivity index (χ0n) is 14.4. The average Bonchev–Trinajstić information content (AvgIpc) is 2.95. The predicted octanol–water partition coefficient (Wildman–Crippen LogP) is 4.80. The van der Waals surface area contributed by atoms with E-state index in [1.165, 1.54) is 23.5 Å². The van der Waals surface area contributed by atoms with Gasteiger partial charge in [-0.1, -0.05) is 22.9 Å². The van der Waals surface area contributed by atoms with E-state index in [1.54, 1.807) is 29.4 Å². The molecule has 0 N–H and O–H groups in total. The molecule has 0 aliphatic carbocycles. The molecule has 0 fully saturated rings. The van der Waals surface area contributed by atoms with E-state index in [0.29, 0.717) is 21.8 Å². The van der Waals surface area contributed by atoms with Gasteiger partial charge in [0.2, 0.25) is 5.91 Å². The molecule has 6 nitrogen and oxygen atoms in total. The van der Waals surface area contributed by atoms with Crippen LogP contribution >= 0.6 is 34.7 Å². The summed E-state index contributed by atoms with van der Waals surface area (Å²) in [5, 5.41) is 11.6. The van der Waals surface area contributed by atoms with Crippen LogP contribution in [0.3, 0.4) is 0 Å². The molecule has 1 heterocycles. The van der Waals surface area contributed by atoms with E-state index >= 15 is 0 Å². The second-order valence-corrected chi connectivity index (χ2v) is 8.38. The van der Waals surface area contributed by atoms with Crippen LogP contribution in [0.25, 0.3) is 10.2 Å². The summed E-state index contributed by atoms with van der Waals surface area (Å²) < 4.78 is 2.57. The molecule has 1 amide bonds. The summed E-state index contributed by atoms with van der Waals surface area (Å²) in [5.74, 6) is 0.622. The van der Waals surface area contributed by atoms with E-state index < -0.39 is 4.92 Å². The van der Waals surface area contributed by atoms with Gasteiger partial charge in [0.25, 0.3) is 5.69 Å². The van der Waals surface area contributed by atoms with Crippen LogP contribution in [0, 0.1) is 10.1 Å². The van der Waals surface area contributed by atoms with Gasteiger partial charge in [0, 0.05) is 35.5 Å². The smallest absolute Gasteiger partial charge is 0.271 e. The topological polar surface area (TPSA) is 77.5 Å². The first-order valence-corrected chi connectivity index (χ1v) is 10.3. The number of amides is 1. The molecule has 27 heavy (non-hydrogen) atoms. The van der Waals surface area contributed by atoms with Crippen molar-refractivity contribution in [3.8, 4) is 0 Å². The van der Waals surface area contributed by atoms with Crippen LogP contribution < -0.4 is 4.80 Å². The van der Waals surface area contributed by atoms with Gasteiger partial charge in [0.1, 0.15) is 0 Å². The summed E-state index contributed by atoms with van der Waals surface area (Å²) in [4.78, 5) is 28.5. The first-order valence-electron chi connectivity index (χ1n) is 8.14. The lowest BCUT2D eigenvalue weighted by molar-refractivity contribution is -0.384. The molecule has 0 saturated carbocycles. The normalized spacial score (nSPS) is 11.9. The molecule has 0 aliphatic rings. The van der Waals surface area contributed by atoms with E-state index in [-0.39, 0.29) is 11.6 Å². The first kappa shape index (κ1) is 19.6. The number of carbonyl (C=O) groups excluding carboxylic acids is 1. The van der Waals surface area contributed by atoms with Crippen molar-refractivity contribution in [1.82, 2.24) is 4.57 Å². The second kappa shape index (κ2) is 8.69. The molecule has 9 heteroatoms. The molecule has 0 saturated heterocycles. The van der Waals surface area contributed by atoms with Gasteiger partial charge in [-0.2, -0.15) is 4.99 Å². The molecule has 2 aromatic carbocycles. The molecular weight excluding hydrogens is 406 g/mol. The maximum Gasteiger partial charge on any atom is 0.271 e. The highest BCUT2D eigenvalue weighted by molar-refractivity contribution is 7.99. The third-order valence-corrected chi connectivity index (χ3v) is 6.30. The number of non-ortho nitro benzene ring substituents is 1. The summed E-state index contributed by atoms with van der Waals surface area (Å²) >= 11 is 8.87. The second-order valence-electron chi connectivity index (χ2n) is 5.76. The Balaban J connectivity index is 1.63. The lowest BCUT2D eigenvalue weighted by atomic mass is 10.3. The summed E-state index contributed by atoms with van der Waals surface area (Å²) in [6, 6.07) is 12.2. The van der Waals surface area contributed by atoms with Crippen LogP contribution in [-0.2, 0) is 11.8 Å². The number of aromatic nitrogens is 1. The van der Waals surface area contributed by atoms with Gasteiger partial charge in [-0.05, 0) is 42.5 Å².